The summed E-state index contributed by atoms with van der Waals surface area (Å²) in [6.07, 6.45) is -20.2. The summed E-state index contributed by atoms with van der Waals surface area (Å²) in [6.45, 7) is 20.8. The molecule has 7 rings (SSSR count). The molecule has 8 amide bonds. The fraction of sp³-hybridized carbons (Fsp3) is 0.540. The lowest BCUT2D eigenvalue weighted by Gasteiger charge is -2.38. The van der Waals surface area contributed by atoms with E-state index in [1.165, 1.54) is 54.6 Å². The molecule has 3 saturated heterocycles. The number of esters is 3. The number of ether oxygens (including phenoxy) is 9. The molecule has 0 radical (unpaired) electrons. The number of amides is 8. The van der Waals surface area contributed by atoms with E-state index in [9.17, 15) is 145 Å². The molecule has 49 heteroatoms. The van der Waals surface area contributed by atoms with Gasteiger partial charge in [-0.05, 0) is 147 Å². The van der Waals surface area contributed by atoms with Crippen molar-refractivity contribution in [1.82, 2.24) is 25.6 Å². The van der Waals surface area contributed by atoms with Crippen molar-refractivity contribution in [3.05, 3.63) is 113 Å². The van der Waals surface area contributed by atoms with Crippen molar-refractivity contribution in [1.29, 1.82) is 0 Å². The van der Waals surface area contributed by atoms with Gasteiger partial charge in [0, 0.05) is 81.3 Å². The number of anilines is 3. The van der Waals surface area contributed by atoms with Crippen molar-refractivity contribution >= 4 is 126 Å². The number of nitrogens with zero attached hydrogens (tertiary/aromatic N) is 1. The van der Waals surface area contributed by atoms with Gasteiger partial charge in [-0.3, -0.25) is 57.6 Å². The minimum absolute atomic E-state index is 0.0162. The van der Waals surface area contributed by atoms with Gasteiger partial charge >= 0.3 is 35.8 Å². The molecular formula is C87H120N8O39S2. The Morgan fingerprint density at radius 3 is 1.13 bits per heavy atom. The highest BCUT2D eigenvalue weighted by Crippen LogP contribution is 2.36. The number of hydrogen-bond donors (Lipinski definition) is 19. The second-order valence-electron chi connectivity index (χ2n) is 34.2. The molecule has 3 fully saturated rings. The van der Waals surface area contributed by atoms with E-state index in [1.54, 1.807) is 74.5 Å². The number of aliphatic hydroxyl groups excluding tert-OH is 9. The number of rotatable bonds is 45. The maximum Gasteiger partial charge on any atom is 0.335 e. The van der Waals surface area contributed by atoms with Gasteiger partial charge in [-0.1, -0.05) is 50.3 Å². The third-order valence-corrected chi connectivity index (χ3v) is 22.1. The number of carboxylic acid groups (broad SMARTS) is 3. The smallest absolute Gasteiger partial charge is 0.335 e. The molecule has 4 aliphatic heterocycles. The number of aliphatic carboxylic acids is 3. The SMILES string of the molecule is C=CS(=O)(=O)CCCCCC(=O)NCCC(=O)Nc1cc(COC(=O)C(C)(C)C)ccc1O[C@@H]1O[C@H](C(=O)O)[C@@H](O)[C@H](O)[C@H]1O.C=CS(=O)(=O)NCCCCCC(=O)NCCC(=O)Nc1cc(COC(=O)C(C)(C)C)ccc1O[C@@H]1O[C@H](C(=O)O)[C@@H](O)[C@H](O)[C@H]1O.CC(C)(C)C(=O)OC/C=C/c1ccc(O[C@@H]2O[C@H](C(=O)O)[C@@H](O)[C@H](O)[C@H]2O)c(NC(=O)CCNC(=O)CN2C(=O)C=CC2=O)c1. The highest BCUT2D eigenvalue weighted by Gasteiger charge is 2.51. The molecule has 19 N–H and O–H groups in total. The lowest BCUT2D eigenvalue weighted by molar-refractivity contribution is -0.271. The second-order valence-corrected chi connectivity index (χ2v) is 38.0. The number of unbranched alkanes of at least 4 members (excludes halogenated alkanes) is 4. The molecule has 0 spiro atoms. The number of aliphatic hydroxyl groups is 9. The van der Waals surface area contributed by atoms with Crippen molar-refractivity contribution in [2.75, 3.05) is 61.0 Å². The van der Waals surface area contributed by atoms with E-state index in [1.807, 2.05) is 0 Å². The summed E-state index contributed by atoms with van der Waals surface area (Å²) in [5.41, 5.74) is -0.793. The summed E-state index contributed by atoms with van der Waals surface area (Å²) >= 11 is 0. The first kappa shape index (κ1) is 115. The Kier molecular flexibility index (Phi) is 44.7. The van der Waals surface area contributed by atoms with Crippen molar-refractivity contribution in [3.8, 4) is 17.2 Å². The molecule has 0 aliphatic carbocycles. The zero-order valence-electron chi connectivity index (χ0n) is 76.0. The van der Waals surface area contributed by atoms with Crippen LogP contribution in [0.4, 0.5) is 17.1 Å². The summed E-state index contributed by atoms with van der Waals surface area (Å²) in [6, 6.07) is 12.9. The number of hydrogen-bond acceptors (Lipinski definition) is 36. The standard InChI is InChI=1S/C29H43N3O13S.C29H35N3O13.C29H42N2O13S/c1-5-46(41,42)31-13-8-6-7-9-20(33)30-14-12-21(34)32-18-15-17(16-43-28(40)29(2,3)4)10-11-19(18)44-27-24(37)22(35)23(36)25(45-27)26(38)39;1-29(2,3)28(42)43-12-4-5-15-6-7-17(44-27-24(39)22(37)23(38)25(45-27)26(40)41)16(13-15)31-18(33)10-11-30-19(34)14-32-20(35)8-9-21(32)36;1-5-45(40,41)14-8-6-7-9-20(32)30-13-12-21(33)31-18-15-17(16-42-28(39)29(2,3)4)10-11-19(18)43-27-24(36)22(34)23(35)25(44-27)26(37)38/h5,10-11,15,22-25,27,31,35-37H,1,6-9,12-14,16H2,2-4H3,(H,30,33)(H,32,34)(H,38,39);4-9,13,22-25,27,37-39H,10-12,14H2,1-3H3,(H,30,34)(H,31,33)(H,40,41);5,10-11,15,22-25,27,34-36H,1,6-9,12-14,16H2,2-4H3,(H,30,32)(H,31,33)(H,37,38)/b;5-4+;/t3*22-,23-,24+,25-,27+/m000/s1. The number of sulfone groups is 1. The van der Waals surface area contributed by atoms with Crippen molar-refractivity contribution in [2.24, 2.45) is 16.2 Å². The maximum atomic E-state index is 12.8. The zero-order valence-corrected chi connectivity index (χ0v) is 77.7. The molecule has 0 aromatic heterocycles. The number of carbonyl (C=O) groups excluding carboxylic acids is 11. The van der Waals surface area contributed by atoms with E-state index in [-0.39, 0.29) is 130 Å². The van der Waals surface area contributed by atoms with Crippen LogP contribution >= 0.6 is 0 Å². The first-order chi connectivity index (χ1) is 63.5. The normalized spacial score (nSPS) is 22.2. The van der Waals surface area contributed by atoms with Gasteiger partial charge < -0.3 is 136 Å². The molecular weight excluding hydrogens is 1850 g/mol. The molecule has 3 aromatic carbocycles. The van der Waals surface area contributed by atoms with E-state index in [4.69, 9.17) is 42.6 Å². The molecule has 754 valence electrons. The first-order valence-corrected chi connectivity index (χ1v) is 45.8. The van der Waals surface area contributed by atoms with Crippen LogP contribution in [0.1, 0.15) is 150 Å². The topological polar surface area (TPSA) is 721 Å². The predicted molar refractivity (Wildman–Crippen MR) is 475 cm³/mol. The van der Waals surface area contributed by atoms with Gasteiger partial charge in [0.1, 0.15) is 98.5 Å². The number of benzene rings is 3. The van der Waals surface area contributed by atoms with Gasteiger partial charge in [0.15, 0.2) is 28.1 Å². The summed E-state index contributed by atoms with van der Waals surface area (Å²) in [5, 5.41) is 136. The van der Waals surface area contributed by atoms with Gasteiger partial charge in [-0.25, -0.2) is 35.9 Å². The Bertz CT molecular complexity index is 5010. The van der Waals surface area contributed by atoms with Gasteiger partial charge in [-0.15, -0.1) is 0 Å². The number of imide groups is 1. The average Bonchev–Trinajstić information content (AvgIpc) is 0.951. The number of carboxylic acids is 3. The largest absolute Gasteiger partial charge is 0.479 e. The highest BCUT2D eigenvalue weighted by molar-refractivity contribution is 7.94. The minimum Gasteiger partial charge on any atom is -0.479 e. The predicted octanol–water partition coefficient (Wildman–Crippen LogP) is -0.345. The average molecular weight is 1970 g/mol. The van der Waals surface area contributed by atoms with Crippen LogP contribution in [0.2, 0.25) is 0 Å². The van der Waals surface area contributed by atoms with Crippen LogP contribution in [0.5, 0.6) is 17.2 Å². The lowest BCUT2D eigenvalue weighted by atomic mass is 9.97. The first-order valence-electron chi connectivity index (χ1n) is 42.5. The van der Waals surface area contributed by atoms with Crippen LogP contribution in [0.3, 0.4) is 0 Å². The Morgan fingerprint density at radius 2 is 0.772 bits per heavy atom. The Balaban J connectivity index is 0.000000360. The van der Waals surface area contributed by atoms with Gasteiger partial charge in [0.25, 0.3) is 11.8 Å². The minimum atomic E-state index is -3.49. The van der Waals surface area contributed by atoms with Crippen LogP contribution in [0, 0.1) is 16.2 Å². The number of carbonyl (C=O) groups is 14. The fourth-order valence-electron chi connectivity index (χ4n) is 11.9. The molecule has 15 atom stereocenters. The summed E-state index contributed by atoms with van der Waals surface area (Å²) < 4.78 is 96.0. The molecule has 0 bridgehead atoms. The quantitative estimate of drug-likeness (QED) is 0.0149. The third-order valence-electron chi connectivity index (χ3n) is 19.7. The van der Waals surface area contributed by atoms with Crippen LogP contribution in [0.15, 0.2) is 96.8 Å². The van der Waals surface area contributed by atoms with E-state index in [0.717, 1.165) is 27.9 Å². The van der Waals surface area contributed by atoms with Crippen molar-refractivity contribution in [2.45, 2.75) is 238 Å². The van der Waals surface area contributed by atoms with Crippen molar-refractivity contribution < 1.29 is 188 Å². The Morgan fingerprint density at radius 1 is 0.419 bits per heavy atom. The van der Waals surface area contributed by atoms with Gasteiger partial charge in [0.2, 0.25) is 64.3 Å². The second kappa shape index (κ2) is 53.0. The van der Waals surface area contributed by atoms with Crippen LogP contribution in [0.25, 0.3) is 6.08 Å². The van der Waals surface area contributed by atoms with E-state index >= 15 is 0 Å². The third kappa shape index (κ3) is 37.7. The number of nitrogens with one attached hydrogen (secondary N) is 7. The highest BCUT2D eigenvalue weighted by atomic mass is 32.2. The molecule has 4 heterocycles. The molecule has 3 aromatic rings. The monoisotopic (exact) mass is 1960 g/mol. The van der Waals surface area contributed by atoms with Crippen LogP contribution in [-0.4, -0.2) is 303 Å². The Labute approximate surface area is 782 Å². The molecule has 47 nitrogen and oxygen atoms in total. The fourth-order valence-corrected chi connectivity index (χ4v) is 13.2. The summed E-state index contributed by atoms with van der Waals surface area (Å²) in [5.74, 6) is -10.9. The summed E-state index contributed by atoms with van der Waals surface area (Å²) in [4.78, 5) is 170. The van der Waals surface area contributed by atoms with E-state index in [2.05, 4.69) is 49.8 Å². The maximum absolute atomic E-state index is 12.8. The zero-order chi connectivity index (χ0) is 102. The van der Waals surface area contributed by atoms with E-state index < -0.39 is 206 Å². The van der Waals surface area contributed by atoms with Gasteiger partial charge in [0.05, 0.1) is 39.1 Å². The van der Waals surface area contributed by atoms with Crippen LogP contribution < -0.4 is 50.8 Å². The molecule has 4 aliphatic rings. The summed E-state index contributed by atoms with van der Waals surface area (Å²) in [7, 11) is -6.78. The molecule has 136 heavy (non-hydrogen) atoms. The van der Waals surface area contributed by atoms with Crippen molar-refractivity contribution in [3.63, 3.8) is 0 Å². The van der Waals surface area contributed by atoms with E-state index in [0.29, 0.717) is 55.2 Å². The molecule has 0 unspecified atom stereocenters. The lowest BCUT2D eigenvalue weighted by Crippen LogP contribution is -2.61. The Hall–Kier alpha value is -11.8. The van der Waals surface area contributed by atoms with Crippen LogP contribution in [-0.2, 0) is 129 Å². The van der Waals surface area contributed by atoms with Gasteiger partial charge in [-0.2, -0.15) is 0 Å². The number of sulfonamides is 1. The molecule has 0 saturated carbocycles.